The fraction of sp³-hybridized carbons (Fsp3) is 1.00. The summed E-state index contributed by atoms with van der Waals surface area (Å²) in [6.07, 6.45) is 0. The summed E-state index contributed by atoms with van der Waals surface area (Å²) >= 11 is 0. The molecule has 174 valence electrons. The van der Waals surface area contributed by atoms with Gasteiger partial charge in [0.2, 0.25) is 0 Å². The second kappa shape index (κ2) is 7.85. The molecule has 0 N–H and O–H groups in total. The first-order valence-electron chi connectivity index (χ1n) is 12.7. The van der Waals surface area contributed by atoms with Crippen LogP contribution in [0.3, 0.4) is 0 Å². The van der Waals surface area contributed by atoms with Gasteiger partial charge in [-0.3, -0.25) is 0 Å². The van der Waals surface area contributed by atoms with Crippen LogP contribution in [-0.4, -0.2) is 0 Å². The van der Waals surface area contributed by atoms with Gasteiger partial charge in [0.15, 0.2) is 0 Å². The molecule has 0 aromatic rings. The van der Waals surface area contributed by atoms with Gasteiger partial charge in [0, 0.05) is 0 Å². The average Bonchev–Trinajstić information content (AvgIpc) is 2.55. The zero-order valence-corrected chi connectivity index (χ0v) is 23.5. The molecule has 0 saturated heterocycles. The first kappa shape index (κ1) is 27.0. The van der Waals surface area contributed by atoms with Crippen molar-refractivity contribution in [2.75, 3.05) is 0 Å². The van der Waals surface area contributed by atoms with E-state index >= 15 is 0 Å². The lowest BCUT2D eigenvalue weighted by molar-refractivity contribution is -0.324. The molecule has 1 aliphatic rings. The van der Waals surface area contributed by atoms with E-state index in [0.717, 1.165) is 0 Å². The van der Waals surface area contributed by atoms with E-state index in [4.69, 9.17) is 0 Å². The van der Waals surface area contributed by atoms with Crippen molar-refractivity contribution in [3.63, 3.8) is 0 Å². The first-order chi connectivity index (χ1) is 12.7. The molecule has 0 spiro atoms. The molecule has 1 aliphatic carbocycles. The second-order valence-corrected chi connectivity index (χ2v) is 14.0. The van der Waals surface area contributed by atoms with Crippen LogP contribution in [-0.2, 0) is 0 Å². The highest BCUT2D eigenvalue weighted by Crippen LogP contribution is 2.80. The molecule has 0 nitrogen and oxygen atoms in total. The Balaban J connectivity index is 4.26. The van der Waals surface area contributed by atoms with E-state index in [0.29, 0.717) is 41.4 Å². The van der Waals surface area contributed by atoms with Gasteiger partial charge in [-0.25, -0.2) is 0 Å². The van der Waals surface area contributed by atoms with Crippen molar-refractivity contribution in [1.82, 2.24) is 0 Å². The smallest absolute Gasteiger partial charge is 0.0156 e. The van der Waals surface area contributed by atoms with E-state index in [9.17, 15) is 0 Å². The lowest BCUT2D eigenvalue weighted by atomic mass is 9.24. The molecule has 0 unspecified atom stereocenters. The average molecular weight is 407 g/mol. The van der Waals surface area contributed by atoms with Crippen LogP contribution in [0.4, 0.5) is 0 Å². The molecule has 0 aromatic heterocycles. The molecule has 7 atom stereocenters. The summed E-state index contributed by atoms with van der Waals surface area (Å²) in [6.45, 7) is 43.6. The Hall–Kier alpha value is 0. The van der Waals surface area contributed by atoms with Crippen molar-refractivity contribution < 1.29 is 0 Å². The fourth-order valence-corrected chi connectivity index (χ4v) is 9.40. The van der Waals surface area contributed by atoms with Crippen molar-refractivity contribution in [3.8, 4) is 0 Å². The van der Waals surface area contributed by atoms with Gasteiger partial charge in [-0.05, 0) is 68.5 Å². The molecule has 1 saturated carbocycles. The summed E-state index contributed by atoms with van der Waals surface area (Å²) in [5.74, 6) is 4.75. The van der Waals surface area contributed by atoms with Crippen LogP contribution in [0.2, 0.25) is 0 Å². The minimum Gasteiger partial charge on any atom is -0.0625 e. The molecule has 0 heterocycles. The molecule has 29 heavy (non-hydrogen) atoms. The second-order valence-electron chi connectivity index (χ2n) is 14.0. The molecule has 0 bridgehead atoms. The van der Waals surface area contributed by atoms with E-state index in [1.807, 2.05) is 0 Å². The molecule has 1 rings (SSSR count). The minimum absolute atomic E-state index is 0.203. The molecule has 0 aromatic carbocycles. The molecular formula is C29H58. The topological polar surface area (TPSA) is 0 Å². The third kappa shape index (κ3) is 3.11. The molecule has 0 heteroatoms. The maximum absolute atomic E-state index is 2.71. The highest BCUT2D eigenvalue weighted by atomic mass is 14.8. The molecule has 0 aliphatic heterocycles. The number of hydrogen-bond donors (Lipinski definition) is 0. The largest absolute Gasteiger partial charge is 0.0625 e. The van der Waals surface area contributed by atoms with Gasteiger partial charge < -0.3 is 0 Å². The van der Waals surface area contributed by atoms with Crippen LogP contribution in [0.5, 0.6) is 0 Å². The zero-order valence-electron chi connectivity index (χ0n) is 23.5. The standard InChI is InChI=1S/C29H58/c1-18(2)22(9)27(15)23(10)24(19(3)4)26(14,20(5)6)29(17,25(11,12)13)28(27,16)21(7)8/h18-24H,1-17H3/t22-,23-,24+,26-,27+,28+,29+/m0/s1. The Morgan fingerprint density at radius 3 is 1.31 bits per heavy atom. The Morgan fingerprint density at radius 2 is 1.07 bits per heavy atom. The SMILES string of the molecule is CC(C)[C@@H]1[C@H](C)[C@@](C)([C@@H](C)C(C)C)[C@@](C)(C(C)C)[C@](C)(C(C)(C)C)[C@@]1(C)C(C)C. The lowest BCUT2D eigenvalue weighted by Gasteiger charge is -2.80. The van der Waals surface area contributed by atoms with Crippen molar-refractivity contribution in [3.05, 3.63) is 0 Å². The quantitative estimate of drug-likeness (QED) is 0.426. The molecular weight excluding hydrogens is 348 g/mol. The third-order valence-corrected chi connectivity index (χ3v) is 11.9. The third-order valence-electron chi connectivity index (χ3n) is 11.9. The Kier molecular flexibility index (Phi) is 7.32. The van der Waals surface area contributed by atoms with Crippen LogP contribution in [0.1, 0.15) is 118 Å². The number of rotatable bonds is 5. The predicted molar refractivity (Wildman–Crippen MR) is 133 cm³/mol. The van der Waals surface area contributed by atoms with Crippen LogP contribution in [0, 0.1) is 68.5 Å². The number of hydrogen-bond acceptors (Lipinski definition) is 0. The maximum atomic E-state index is 2.71. The summed E-state index contributed by atoms with van der Waals surface area (Å²) in [4.78, 5) is 0. The zero-order chi connectivity index (χ0) is 23.5. The Bertz CT molecular complexity index is 561. The Morgan fingerprint density at radius 1 is 0.655 bits per heavy atom. The van der Waals surface area contributed by atoms with Crippen molar-refractivity contribution in [2.45, 2.75) is 118 Å². The molecule has 1 fully saturated rings. The van der Waals surface area contributed by atoms with E-state index in [2.05, 4.69) is 118 Å². The van der Waals surface area contributed by atoms with Crippen molar-refractivity contribution in [2.24, 2.45) is 68.5 Å². The van der Waals surface area contributed by atoms with Crippen molar-refractivity contribution in [1.29, 1.82) is 0 Å². The summed E-state index contributed by atoms with van der Waals surface area (Å²) < 4.78 is 0. The lowest BCUT2D eigenvalue weighted by Crippen LogP contribution is -2.75. The van der Waals surface area contributed by atoms with Crippen LogP contribution < -0.4 is 0 Å². The van der Waals surface area contributed by atoms with Crippen LogP contribution in [0.15, 0.2) is 0 Å². The Labute approximate surface area is 186 Å². The van der Waals surface area contributed by atoms with E-state index in [1.165, 1.54) is 0 Å². The van der Waals surface area contributed by atoms with E-state index < -0.39 is 0 Å². The summed E-state index contributed by atoms with van der Waals surface area (Å²) in [5, 5.41) is 0. The summed E-state index contributed by atoms with van der Waals surface area (Å²) in [7, 11) is 0. The first-order valence-corrected chi connectivity index (χ1v) is 12.7. The maximum Gasteiger partial charge on any atom is -0.0156 e. The molecule has 0 amide bonds. The highest BCUT2D eigenvalue weighted by Gasteiger charge is 2.75. The van der Waals surface area contributed by atoms with Gasteiger partial charge in [-0.2, -0.15) is 0 Å². The van der Waals surface area contributed by atoms with Gasteiger partial charge >= 0.3 is 0 Å². The fourth-order valence-electron chi connectivity index (χ4n) is 9.40. The van der Waals surface area contributed by atoms with Gasteiger partial charge in [0.25, 0.3) is 0 Å². The van der Waals surface area contributed by atoms with Gasteiger partial charge in [-0.15, -0.1) is 0 Å². The van der Waals surface area contributed by atoms with Gasteiger partial charge in [-0.1, -0.05) is 118 Å². The van der Waals surface area contributed by atoms with Crippen LogP contribution >= 0.6 is 0 Å². The predicted octanol–water partition coefficient (Wildman–Crippen LogP) is 9.58. The van der Waals surface area contributed by atoms with E-state index in [1.54, 1.807) is 0 Å². The van der Waals surface area contributed by atoms with E-state index in [-0.39, 0.29) is 27.1 Å². The minimum atomic E-state index is 0.203. The molecule has 0 radical (unpaired) electrons. The summed E-state index contributed by atoms with van der Waals surface area (Å²) in [6, 6.07) is 0. The monoisotopic (exact) mass is 406 g/mol. The van der Waals surface area contributed by atoms with Gasteiger partial charge in [0.05, 0.1) is 0 Å². The summed E-state index contributed by atoms with van der Waals surface area (Å²) in [5.41, 5.74) is 1.20. The van der Waals surface area contributed by atoms with Crippen LogP contribution in [0.25, 0.3) is 0 Å². The van der Waals surface area contributed by atoms with Crippen molar-refractivity contribution >= 4 is 0 Å². The normalized spacial score (nSPS) is 42.9. The van der Waals surface area contributed by atoms with Gasteiger partial charge in [0.1, 0.15) is 0 Å². The highest BCUT2D eigenvalue weighted by molar-refractivity contribution is 5.23.